The zero-order valence-corrected chi connectivity index (χ0v) is 48.3. The van der Waals surface area contributed by atoms with Gasteiger partial charge in [-0.3, -0.25) is 9.55 Å². The monoisotopic (exact) mass is 1160 g/mol. The van der Waals surface area contributed by atoms with E-state index in [1.165, 1.54) is 11.1 Å². The van der Waals surface area contributed by atoms with Crippen LogP contribution in [-0.4, -0.2) is 19.6 Å². The molecule has 0 bridgehead atoms. The number of benzene rings is 6. The van der Waals surface area contributed by atoms with Crippen LogP contribution in [-0.2, 0) is 37.3 Å². The fraction of sp³-hybridized carbons (Fsp3) is 0.382. The summed E-state index contributed by atoms with van der Waals surface area (Å²) in [7, 11) is 0. The van der Waals surface area contributed by atoms with E-state index in [1.54, 1.807) is 39.8 Å². The van der Waals surface area contributed by atoms with Crippen LogP contribution in [0.15, 0.2) is 121 Å². The number of aromatic hydroxyl groups is 1. The maximum atomic E-state index is 12.6. The smallest absolute Gasteiger partial charge is 0.148 e. The molecule has 1 N–H and O–H groups in total. The summed E-state index contributed by atoms with van der Waals surface area (Å²) < 4.78 is 57.1. The van der Waals surface area contributed by atoms with E-state index in [2.05, 4.69) is 123 Å². The molecule has 6 aromatic carbocycles. The van der Waals surface area contributed by atoms with Crippen LogP contribution in [0.5, 0.6) is 5.75 Å². The van der Waals surface area contributed by atoms with Crippen molar-refractivity contribution in [1.29, 1.82) is 0 Å². The molecule has 384 valence electrons. The van der Waals surface area contributed by atoms with Gasteiger partial charge in [-0.15, -0.1) is 29.3 Å². The van der Waals surface area contributed by atoms with E-state index in [4.69, 9.17) is 11.3 Å². The van der Waals surface area contributed by atoms with Gasteiger partial charge >= 0.3 is 0 Å². The average Bonchev–Trinajstić information content (AvgIpc) is 3.78. The predicted octanol–water partition coefficient (Wildman–Crippen LogP) is 19.4. The van der Waals surface area contributed by atoms with E-state index in [0.29, 0.717) is 27.8 Å². The number of hydrogen-bond donors (Lipinski definition) is 1. The summed E-state index contributed by atoms with van der Waals surface area (Å²) in [6, 6.07) is 42.1. The molecule has 2 heterocycles. The number of aromatic nitrogens is 3. The number of nitrogens with zero attached hydrogens (tertiary/aromatic N) is 3. The number of fused-ring (bicyclic) bond motifs is 1. The summed E-state index contributed by atoms with van der Waals surface area (Å²) in [6.07, 6.45) is 5.43. The Hall–Kier alpha value is -5.57. The molecule has 0 atom stereocenters. The van der Waals surface area contributed by atoms with Crippen molar-refractivity contribution in [3.8, 4) is 67.5 Å². The molecule has 0 radical (unpaired) electrons. The van der Waals surface area contributed by atoms with Gasteiger partial charge in [-0.1, -0.05) is 188 Å². The molecule has 8 aromatic rings. The standard InChI is InChI=1S/C68H80N3O.Pt/c1-17-67(15,18-2)57-24-22-25-58(68(16,19-3)20-4)62(57)49-31-32-60(45(11)35-49)71-61-26-21-23-54(63(61)70-65(71)56-40-50(43(7)8)39-55(44(9)10)64(56)72)51-36-52(38-53(37-51)66(12,13)14)59-41-48(33-34-69-59)47-29-27-46(28-30-47)42(5)6;/h21-35,37-44,72H,17-20H2,1-16H3;/q-1;/i11D3,42D,43D,44D;. The van der Waals surface area contributed by atoms with Crippen LogP contribution in [0, 0.1) is 12.9 Å². The summed E-state index contributed by atoms with van der Waals surface area (Å²) in [5, 5.41) is 12.6. The molecule has 0 spiro atoms. The van der Waals surface area contributed by atoms with Crippen molar-refractivity contribution in [1.82, 2.24) is 14.5 Å². The van der Waals surface area contributed by atoms with Crippen LogP contribution >= 0.6 is 0 Å². The third kappa shape index (κ3) is 10.6. The van der Waals surface area contributed by atoms with Crippen LogP contribution in [0.4, 0.5) is 0 Å². The van der Waals surface area contributed by atoms with Gasteiger partial charge in [-0.2, -0.15) is 0 Å². The molecule has 0 aliphatic heterocycles. The molecule has 0 saturated heterocycles. The Morgan fingerprint density at radius 2 is 1.23 bits per heavy atom. The Morgan fingerprint density at radius 1 is 0.630 bits per heavy atom. The van der Waals surface area contributed by atoms with Crippen molar-refractivity contribution in [2.75, 3.05) is 0 Å². The van der Waals surface area contributed by atoms with Crippen LogP contribution in [0.25, 0.3) is 72.7 Å². The summed E-state index contributed by atoms with van der Waals surface area (Å²) >= 11 is 0. The average molecular weight is 1160 g/mol. The van der Waals surface area contributed by atoms with Gasteiger partial charge in [0.05, 0.1) is 22.3 Å². The van der Waals surface area contributed by atoms with Gasteiger partial charge in [-0.05, 0) is 152 Å². The SMILES string of the molecule is [2H]C([2H])([2H])c1cc(-c2c(C(C)(CC)CC)cccc2C(C)(CC)CC)ccc1-n1c(-c2cc(C([2H])(C)C)cc(C([2H])(C)C)c2O)nc2c(-c3[c-]c(-c4cc(-c5ccc(C([2H])(C)C)cc5)ccn4)cc(C(C)(C)C)c3)cccc21.[Pt]. The molecule has 0 amide bonds. The maximum Gasteiger partial charge on any atom is 0.148 e. The van der Waals surface area contributed by atoms with E-state index in [1.807, 2.05) is 73.1 Å². The molecule has 5 heteroatoms. The summed E-state index contributed by atoms with van der Waals surface area (Å²) in [6.45, 7) is 28.2. The number of rotatable bonds is 15. The summed E-state index contributed by atoms with van der Waals surface area (Å²) in [5.74, 6) is -3.01. The first-order chi connectivity index (χ1) is 36.3. The van der Waals surface area contributed by atoms with Crippen molar-refractivity contribution in [3.63, 3.8) is 0 Å². The van der Waals surface area contributed by atoms with Crippen LogP contribution < -0.4 is 0 Å². The number of pyridine rings is 1. The number of aryl methyl sites for hydroxylation is 1. The van der Waals surface area contributed by atoms with Crippen LogP contribution in [0.1, 0.15) is 194 Å². The Balaban J connectivity index is 0.00000903. The van der Waals surface area contributed by atoms with Crippen LogP contribution in [0.2, 0.25) is 0 Å². The second-order valence-electron chi connectivity index (χ2n) is 22.3. The third-order valence-electron chi connectivity index (χ3n) is 16.0. The molecule has 0 aliphatic rings. The molecule has 4 nitrogen and oxygen atoms in total. The normalized spacial score (nSPS) is 14.2. The Bertz CT molecular complexity index is 3490. The summed E-state index contributed by atoms with van der Waals surface area (Å²) in [4.78, 5) is 10.4. The van der Waals surface area contributed by atoms with Gasteiger partial charge in [0.1, 0.15) is 11.6 Å². The number of hydrogen-bond acceptors (Lipinski definition) is 3. The Labute approximate surface area is 461 Å². The van der Waals surface area contributed by atoms with Gasteiger partial charge in [0.2, 0.25) is 0 Å². The van der Waals surface area contributed by atoms with Crippen molar-refractivity contribution in [3.05, 3.63) is 166 Å². The molecule has 0 fully saturated rings. The van der Waals surface area contributed by atoms with Crippen molar-refractivity contribution >= 4 is 11.0 Å². The number of imidazole rings is 1. The van der Waals surface area contributed by atoms with Crippen molar-refractivity contribution < 1.29 is 34.4 Å². The maximum absolute atomic E-state index is 12.6. The van der Waals surface area contributed by atoms with E-state index < -0.39 is 24.5 Å². The second kappa shape index (κ2) is 21.7. The minimum atomic E-state index is -2.61. The molecular weight excluding hydrogens is 1070 g/mol. The predicted molar refractivity (Wildman–Crippen MR) is 308 cm³/mol. The fourth-order valence-electron chi connectivity index (χ4n) is 10.3. The minimum Gasteiger partial charge on any atom is -0.507 e. The second-order valence-corrected chi connectivity index (χ2v) is 22.3. The van der Waals surface area contributed by atoms with Crippen molar-refractivity contribution in [2.24, 2.45) is 0 Å². The van der Waals surface area contributed by atoms with E-state index >= 15 is 0 Å². The quantitative estimate of drug-likeness (QED) is 0.104. The first-order valence-electron chi connectivity index (χ1n) is 29.1. The van der Waals surface area contributed by atoms with Gasteiger partial charge in [0.25, 0.3) is 0 Å². The zero-order chi connectivity index (χ0) is 57.3. The molecule has 2 aromatic heterocycles. The molecule has 73 heavy (non-hydrogen) atoms. The molecular formula is C68H80N3OPt-. The largest absolute Gasteiger partial charge is 0.507 e. The Morgan fingerprint density at radius 3 is 1.81 bits per heavy atom. The molecule has 8 rings (SSSR count). The van der Waals surface area contributed by atoms with E-state index in [9.17, 15) is 12.0 Å². The van der Waals surface area contributed by atoms with Crippen molar-refractivity contribution in [2.45, 2.75) is 170 Å². The summed E-state index contributed by atoms with van der Waals surface area (Å²) in [5.41, 5.74) is 13.5. The van der Waals surface area contributed by atoms with Gasteiger partial charge < -0.3 is 5.11 Å². The topological polar surface area (TPSA) is 50.9 Å². The molecule has 0 aliphatic carbocycles. The zero-order valence-electron chi connectivity index (χ0n) is 52.0. The fourth-order valence-corrected chi connectivity index (χ4v) is 10.3. The molecule has 0 saturated carbocycles. The third-order valence-corrected chi connectivity index (χ3v) is 16.0. The van der Waals surface area contributed by atoms with E-state index in [-0.39, 0.29) is 60.0 Å². The number of para-hydroxylation sites is 1. The first-order valence-corrected chi connectivity index (χ1v) is 26.1. The number of phenolic OH excluding ortho intramolecular Hbond substituents is 1. The minimum absolute atomic E-state index is 0. The van der Waals surface area contributed by atoms with Gasteiger partial charge in [0.15, 0.2) is 0 Å². The van der Waals surface area contributed by atoms with Gasteiger partial charge in [-0.25, -0.2) is 4.98 Å². The first kappa shape index (κ1) is 47.2. The van der Waals surface area contributed by atoms with E-state index in [0.717, 1.165) is 81.4 Å². The van der Waals surface area contributed by atoms with Crippen LogP contribution in [0.3, 0.4) is 0 Å². The Kier molecular flexibility index (Phi) is 14.0. The van der Waals surface area contributed by atoms with Gasteiger partial charge in [0, 0.05) is 41.2 Å². The molecule has 0 unspecified atom stereocenters. The number of phenols is 1.